The van der Waals surface area contributed by atoms with Gasteiger partial charge in [-0.1, -0.05) is 56.2 Å². The maximum absolute atomic E-state index is 10.3. The number of rotatable bonds is 15. The zero-order valence-electron chi connectivity index (χ0n) is 14.3. The molecule has 0 aliphatic heterocycles. The smallest absolute Gasteiger partial charge is 0.313 e. The number of carboxylic acid groups (broad SMARTS) is 1. The number of carboxylic acids is 1. The van der Waals surface area contributed by atoms with Crippen LogP contribution in [0.15, 0.2) is 36.5 Å². The minimum Gasteiger partial charge on any atom is -0.481 e. The molecule has 0 saturated carbocycles. The van der Waals surface area contributed by atoms with E-state index in [1.54, 1.807) is 0 Å². The minimum absolute atomic E-state index is 0.158. The van der Waals surface area contributed by atoms with Crippen molar-refractivity contribution >= 4 is 17.7 Å². The van der Waals surface area contributed by atoms with Crippen LogP contribution >= 0.6 is 11.8 Å². The Hall–Kier alpha value is -1.00. The van der Waals surface area contributed by atoms with Crippen LogP contribution in [0.4, 0.5) is 0 Å². The molecule has 0 rings (SSSR count). The Morgan fingerprint density at radius 3 is 2.52 bits per heavy atom. The molecule has 0 bridgehead atoms. The molecular weight excluding hydrogens is 308 g/mol. The van der Waals surface area contributed by atoms with E-state index < -0.39 is 5.97 Å². The first-order chi connectivity index (χ1) is 11.2. The Morgan fingerprint density at radius 1 is 1.04 bits per heavy atom. The summed E-state index contributed by atoms with van der Waals surface area (Å²) in [6, 6.07) is 0. The van der Waals surface area contributed by atoms with Crippen molar-refractivity contribution in [3.8, 4) is 0 Å². The molecule has 2 N–H and O–H groups in total. The molecule has 0 unspecified atom stereocenters. The van der Waals surface area contributed by atoms with Gasteiger partial charge in [-0.05, 0) is 38.5 Å². The normalized spacial score (nSPS) is 13.5. The molecule has 0 spiro atoms. The zero-order valence-corrected chi connectivity index (χ0v) is 15.1. The molecule has 0 aromatic heterocycles. The molecule has 0 radical (unpaired) electrons. The number of unbranched alkanes of at least 4 members (excludes halogenated alkanes) is 3. The van der Waals surface area contributed by atoms with E-state index in [0.29, 0.717) is 0 Å². The molecule has 0 heterocycles. The van der Waals surface area contributed by atoms with Crippen LogP contribution in [-0.2, 0) is 4.79 Å². The summed E-state index contributed by atoms with van der Waals surface area (Å²) in [6.07, 6.45) is 20.5. The largest absolute Gasteiger partial charge is 0.481 e. The van der Waals surface area contributed by atoms with Crippen LogP contribution in [0.25, 0.3) is 0 Å². The number of hydrogen-bond acceptors (Lipinski definition) is 3. The molecule has 3 nitrogen and oxygen atoms in total. The Morgan fingerprint density at radius 2 is 1.78 bits per heavy atom. The van der Waals surface area contributed by atoms with E-state index in [-0.39, 0.29) is 11.9 Å². The molecule has 0 aromatic carbocycles. The van der Waals surface area contributed by atoms with Gasteiger partial charge in [-0.3, -0.25) is 4.79 Å². The highest BCUT2D eigenvalue weighted by molar-refractivity contribution is 8.00. The highest BCUT2D eigenvalue weighted by Gasteiger charge is 1.98. The summed E-state index contributed by atoms with van der Waals surface area (Å²) < 4.78 is 0. The van der Waals surface area contributed by atoms with Gasteiger partial charge in [0.25, 0.3) is 0 Å². The molecule has 0 amide bonds. The lowest BCUT2D eigenvalue weighted by Crippen LogP contribution is -2.03. The van der Waals surface area contributed by atoms with Crippen LogP contribution in [0.2, 0.25) is 0 Å². The van der Waals surface area contributed by atoms with E-state index >= 15 is 0 Å². The monoisotopic (exact) mass is 340 g/mol. The van der Waals surface area contributed by atoms with E-state index in [1.807, 2.05) is 12.2 Å². The lowest BCUT2D eigenvalue weighted by atomic mass is 10.1. The van der Waals surface area contributed by atoms with Gasteiger partial charge in [0, 0.05) is 5.75 Å². The zero-order chi connectivity index (χ0) is 17.2. The Bertz CT molecular complexity index is 362. The SMILES string of the molecule is CCCCC/C=C\C[C@@H](O)CC/C=C\C/C=C\CSCC(=O)O. The third-order valence-corrected chi connectivity index (χ3v) is 4.14. The number of aliphatic hydroxyl groups excluding tert-OH is 1. The first-order valence-corrected chi connectivity index (χ1v) is 9.74. The third kappa shape index (κ3) is 19.0. The second kappa shape index (κ2) is 17.4. The van der Waals surface area contributed by atoms with E-state index in [2.05, 4.69) is 31.2 Å². The summed E-state index contributed by atoms with van der Waals surface area (Å²) >= 11 is 1.40. The van der Waals surface area contributed by atoms with Crippen LogP contribution in [0.5, 0.6) is 0 Å². The number of carbonyl (C=O) groups is 1. The fourth-order valence-electron chi connectivity index (χ4n) is 1.96. The van der Waals surface area contributed by atoms with Crippen LogP contribution in [-0.4, -0.2) is 33.8 Å². The van der Waals surface area contributed by atoms with Gasteiger partial charge in [0.1, 0.15) is 0 Å². The van der Waals surface area contributed by atoms with Crippen LogP contribution in [0.1, 0.15) is 58.3 Å². The Kier molecular flexibility index (Phi) is 16.6. The summed E-state index contributed by atoms with van der Waals surface area (Å²) in [7, 11) is 0. The third-order valence-electron chi connectivity index (χ3n) is 3.26. The van der Waals surface area contributed by atoms with E-state index in [1.165, 1.54) is 31.0 Å². The molecular formula is C19H32O3S. The summed E-state index contributed by atoms with van der Waals surface area (Å²) in [5, 5.41) is 18.3. The van der Waals surface area contributed by atoms with Gasteiger partial charge in [0.05, 0.1) is 11.9 Å². The van der Waals surface area contributed by atoms with E-state index in [0.717, 1.165) is 37.9 Å². The second-order valence-corrected chi connectivity index (χ2v) is 6.55. The maximum Gasteiger partial charge on any atom is 0.313 e. The van der Waals surface area contributed by atoms with Crippen molar-refractivity contribution < 1.29 is 15.0 Å². The summed E-state index contributed by atoms with van der Waals surface area (Å²) in [6.45, 7) is 2.20. The number of allylic oxidation sites excluding steroid dienone is 4. The van der Waals surface area contributed by atoms with Crippen LogP contribution < -0.4 is 0 Å². The van der Waals surface area contributed by atoms with Gasteiger partial charge < -0.3 is 10.2 Å². The summed E-state index contributed by atoms with van der Waals surface area (Å²) in [4.78, 5) is 10.3. The Balaban J connectivity index is 3.47. The van der Waals surface area contributed by atoms with Gasteiger partial charge >= 0.3 is 5.97 Å². The average Bonchev–Trinajstić information content (AvgIpc) is 2.52. The van der Waals surface area contributed by atoms with E-state index in [9.17, 15) is 9.90 Å². The van der Waals surface area contributed by atoms with Crippen molar-refractivity contribution in [2.24, 2.45) is 0 Å². The molecule has 0 aliphatic rings. The first kappa shape index (κ1) is 22.0. The van der Waals surface area contributed by atoms with Crippen molar-refractivity contribution in [2.75, 3.05) is 11.5 Å². The van der Waals surface area contributed by atoms with Gasteiger partial charge in [-0.15, -0.1) is 11.8 Å². The average molecular weight is 341 g/mol. The molecule has 23 heavy (non-hydrogen) atoms. The Labute approximate surface area is 145 Å². The van der Waals surface area contributed by atoms with Crippen molar-refractivity contribution in [3.63, 3.8) is 0 Å². The molecule has 132 valence electrons. The molecule has 1 atom stereocenters. The van der Waals surface area contributed by atoms with Crippen molar-refractivity contribution in [1.82, 2.24) is 0 Å². The van der Waals surface area contributed by atoms with Crippen molar-refractivity contribution in [2.45, 2.75) is 64.4 Å². The van der Waals surface area contributed by atoms with Crippen molar-refractivity contribution in [3.05, 3.63) is 36.5 Å². The number of thioether (sulfide) groups is 1. The predicted molar refractivity (Wildman–Crippen MR) is 101 cm³/mol. The molecule has 0 fully saturated rings. The summed E-state index contributed by atoms with van der Waals surface area (Å²) in [5.41, 5.74) is 0. The minimum atomic E-state index is -0.766. The fourth-order valence-corrected chi connectivity index (χ4v) is 2.53. The second-order valence-electron chi connectivity index (χ2n) is 5.52. The molecule has 0 aromatic rings. The topological polar surface area (TPSA) is 57.5 Å². The maximum atomic E-state index is 10.3. The predicted octanol–water partition coefficient (Wildman–Crippen LogP) is 4.97. The van der Waals surface area contributed by atoms with E-state index in [4.69, 9.17) is 5.11 Å². The highest BCUT2D eigenvalue weighted by Crippen LogP contribution is 2.06. The van der Waals surface area contributed by atoms with Gasteiger partial charge in [-0.25, -0.2) is 0 Å². The van der Waals surface area contributed by atoms with Gasteiger partial charge in [0.15, 0.2) is 0 Å². The van der Waals surface area contributed by atoms with Gasteiger partial charge in [-0.2, -0.15) is 0 Å². The molecule has 4 heteroatoms. The highest BCUT2D eigenvalue weighted by atomic mass is 32.2. The lowest BCUT2D eigenvalue weighted by Gasteiger charge is -2.05. The molecule has 0 aliphatic carbocycles. The number of aliphatic hydroxyl groups is 1. The van der Waals surface area contributed by atoms with Crippen LogP contribution in [0.3, 0.4) is 0 Å². The number of hydrogen-bond donors (Lipinski definition) is 2. The summed E-state index contributed by atoms with van der Waals surface area (Å²) in [5.74, 6) is 0.131. The first-order valence-electron chi connectivity index (χ1n) is 8.59. The van der Waals surface area contributed by atoms with Crippen LogP contribution in [0, 0.1) is 0 Å². The quantitative estimate of drug-likeness (QED) is 0.326. The molecule has 0 saturated heterocycles. The lowest BCUT2D eigenvalue weighted by molar-refractivity contribution is -0.133. The standard InChI is InChI=1S/C19H32O3S/c1-2-3-4-5-8-11-14-18(20)15-12-9-6-7-10-13-16-23-17-19(21)22/h6,8-11,13,18,20H,2-5,7,12,14-17H2,1H3,(H,21,22)/b9-6-,11-8-,13-10-/t18-/m1/s1. The van der Waals surface area contributed by atoms with Crippen molar-refractivity contribution in [1.29, 1.82) is 0 Å². The number of aliphatic carboxylic acids is 1. The van der Waals surface area contributed by atoms with Gasteiger partial charge in [0.2, 0.25) is 0 Å². The fraction of sp³-hybridized carbons (Fsp3) is 0.632.